The van der Waals surface area contributed by atoms with E-state index in [1.807, 2.05) is 0 Å². The van der Waals surface area contributed by atoms with Crippen LogP contribution in [0.5, 0.6) is 0 Å². The minimum atomic E-state index is -0.460. The van der Waals surface area contributed by atoms with E-state index in [1.165, 1.54) is 30.6 Å². The highest BCUT2D eigenvalue weighted by Crippen LogP contribution is 2.35. The predicted molar refractivity (Wildman–Crippen MR) is 75.3 cm³/mol. The van der Waals surface area contributed by atoms with Crippen LogP contribution in [0.2, 0.25) is 0 Å². The minimum absolute atomic E-state index is 0.0618. The van der Waals surface area contributed by atoms with E-state index < -0.39 is 4.92 Å². The predicted octanol–water partition coefficient (Wildman–Crippen LogP) is 1.87. The number of hydrogen-bond acceptors (Lipinski definition) is 5. The number of nitrogens with one attached hydrogen (secondary N) is 1. The Balaban J connectivity index is 2.23. The minimum Gasteiger partial charge on any atom is -0.378 e. The number of benzene rings is 1. The van der Waals surface area contributed by atoms with E-state index >= 15 is 0 Å². The maximum atomic E-state index is 11.2. The van der Waals surface area contributed by atoms with Crippen LogP contribution < -0.4 is 10.7 Å². The first-order valence-corrected chi connectivity index (χ1v) is 5.93. The molecule has 0 aliphatic carbocycles. The number of pyridine rings is 1. The van der Waals surface area contributed by atoms with Crippen LogP contribution in [0.3, 0.4) is 0 Å². The van der Waals surface area contributed by atoms with Gasteiger partial charge in [-0.25, -0.2) is 0 Å². The molecule has 7 nitrogen and oxygen atoms in total. The highest BCUT2D eigenvalue weighted by molar-refractivity contribution is 5.84. The first kappa shape index (κ1) is 12.1. The molecule has 0 saturated carbocycles. The average Bonchev–Trinajstić information content (AvgIpc) is 2.46. The summed E-state index contributed by atoms with van der Waals surface area (Å²) in [5.74, 6) is 0. The molecule has 1 aromatic carbocycles. The van der Waals surface area contributed by atoms with Crippen LogP contribution in [0.4, 0.5) is 17.1 Å². The van der Waals surface area contributed by atoms with Gasteiger partial charge in [0.05, 0.1) is 22.8 Å². The third-order valence-corrected chi connectivity index (χ3v) is 2.98. The van der Waals surface area contributed by atoms with Crippen molar-refractivity contribution in [3.63, 3.8) is 0 Å². The van der Waals surface area contributed by atoms with Gasteiger partial charge < -0.3 is 9.88 Å². The zero-order valence-electron chi connectivity index (χ0n) is 10.3. The summed E-state index contributed by atoms with van der Waals surface area (Å²) in [7, 11) is 0. The third-order valence-electron chi connectivity index (χ3n) is 2.98. The van der Waals surface area contributed by atoms with Gasteiger partial charge >= 0.3 is 0 Å². The molecule has 3 rings (SSSR count). The highest BCUT2D eigenvalue weighted by Gasteiger charge is 2.19. The monoisotopic (exact) mass is 270 g/mol. The van der Waals surface area contributed by atoms with Crippen molar-refractivity contribution >= 4 is 23.3 Å². The Morgan fingerprint density at radius 1 is 1.30 bits per heavy atom. The van der Waals surface area contributed by atoms with Crippen molar-refractivity contribution in [2.75, 3.05) is 11.9 Å². The number of nitro groups is 1. The van der Waals surface area contributed by atoms with Gasteiger partial charge in [0.1, 0.15) is 5.69 Å². The summed E-state index contributed by atoms with van der Waals surface area (Å²) >= 11 is 0. The molecule has 20 heavy (non-hydrogen) atoms. The van der Waals surface area contributed by atoms with Crippen molar-refractivity contribution in [3.8, 4) is 5.69 Å². The smallest absolute Gasteiger partial charge is 0.295 e. The third kappa shape index (κ3) is 2.05. The van der Waals surface area contributed by atoms with Gasteiger partial charge in [-0.3, -0.25) is 19.9 Å². The summed E-state index contributed by atoms with van der Waals surface area (Å²) in [6.07, 6.45) is 4.66. The maximum absolute atomic E-state index is 11.2. The second-order valence-corrected chi connectivity index (χ2v) is 4.25. The summed E-state index contributed by atoms with van der Waals surface area (Å²) < 4.78 is 1.54. The van der Waals surface area contributed by atoms with Crippen LogP contribution in [0.25, 0.3) is 5.69 Å². The Hall–Kier alpha value is -2.96. The van der Waals surface area contributed by atoms with E-state index in [9.17, 15) is 14.9 Å². The SMILES string of the molecule is O=c1ccn(-c2cc3c(cc2[N+](=O)[O-])N=CCN3)cc1. The molecule has 2 heterocycles. The van der Waals surface area contributed by atoms with Gasteiger partial charge in [-0.1, -0.05) is 0 Å². The topological polar surface area (TPSA) is 89.5 Å². The van der Waals surface area contributed by atoms with E-state index in [4.69, 9.17) is 0 Å². The van der Waals surface area contributed by atoms with Crippen molar-refractivity contribution in [2.45, 2.75) is 0 Å². The second kappa shape index (κ2) is 4.61. The molecule has 0 radical (unpaired) electrons. The first-order chi connectivity index (χ1) is 9.65. The lowest BCUT2D eigenvalue weighted by atomic mass is 10.2. The fraction of sp³-hybridized carbons (Fsp3) is 0.0769. The molecule has 0 atom stereocenters. The number of nitrogens with zero attached hydrogens (tertiary/aromatic N) is 3. The first-order valence-electron chi connectivity index (χ1n) is 5.93. The van der Waals surface area contributed by atoms with Crippen LogP contribution >= 0.6 is 0 Å². The molecule has 0 unspecified atom stereocenters. The van der Waals surface area contributed by atoms with E-state index in [-0.39, 0.29) is 11.1 Å². The quantitative estimate of drug-likeness (QED) is 0.666. The molecular formula is C13H10N4O3. The molecule has 2 aromatic rings. The van der Waals surface area contributed by atoms with Gasteiger partial charge in [-0.2, -0.15) is 0 Å². The molecule has 0 amide bonds. The van der Waals surface area contributed by atoms with Crippen LogP contribution in [0, 0.1) is 10.1 Å². The molecule has 7 heteroatoms. The van der Waals surface area contributed by atoms with Crippen molar-refractivity contribution < 1.29 is 4.92 Å². The van der Waals surface area contributed by atoms with E-state index in [1.54, 1.807) is 16.8 Å². The van der Waals surface area contributed by atoms with Crippen LogP contribution in [-0.2, 0) is 0 Å². The fourth-order valence-electron chi connectivity index (χ4n) is 2.04. The van der Waals surface area contributed by atoms with Crippen LogP contribution in [-0.4, -0.2) is 22.2 Å². The number of rotatable bonds is 2. The van der Waals surface area contributed by atoms with Crippen molar-refractivity contribution in [3.05, 3.63) is 57.0 Å². The van der Waals surface area contributed by atoms with Crippen molar-refractivity contribution in [1.29, 1.82) is 0 Å². The van der Waals surface area contributed by atoms with Gasteiger partial charge in [0, 0.05) is 36.8 Å². The van der Waals surface area contributed by atoms with E-state index in [2.05, 4.69) is 10.3 Å². The molecule has 1 N–H and O–H groups in total. The molecule has 100 valence electrons. The number of anilines is 1. The fourth-order valence-corrected chi connectivity index (χ4v) is 2.04. The summed E-state index contributed by atoms with van der Waals surface area (Å²) in [5, 5.41) is 14.3. The summed E-state index contributed by atoms with van der Waals surface area (Å²) in [6, 6.07) is 5.80. The van der Waals surface area contributed by atoms with E-state index in [0.717, 1.165) is 5.69 Å². The van der Waals surface area contributed by atoms with Gasteiger partial charge in [-0.15, -0.1) is 0 Å². The second-order valence-electron chi connectivity index (χ2n) is 4.25. The lowest BCUT2D eigenvalue weighted by Gasteiger charge is -2.15. The van der Waals surface area contributed by atoms with Crippen LogP contribution in [0.1, 0.15) is 0 Å². The molecule has 1 aliphatic rings. The Labute approximate surface area is 113 Å². The molecule has 1 aromatic heterocycles. The lowest BCUT2D eigenvalue weighted by Crippen LogP contribution is -2.09. The standard InChI is InChI=1S/C13H10N4O3/c18-9-1-5-16(6-2-9)12-7-10-11(15-4-3-14-10)8-13(12)17(19)20/h1-2,4-8,14H,3H2. The largest absolute Gasteiger partial charge is 0.378 e. The number of fused-ring (bicyclic) bond motifs is 1. The van der Waals surface area contributed by atoms with Gasteiger partial charge in [0.25, 0.3) is 5.69 Å². The van der Waals surface area contributed by atoms with Gasteiger partial charge in [0.15, 0.2) is 5.43 Å². The maximum Gasteiger partial charge on any atom is 0.295 e. The summed E-state index contributed by atoms with van der Waals surface area (Å²) in [5.41, 5.74) is 1.44. The highest BCUT2D eigenvalue weighted by atomic mass is 16.6. The van der Waals surface area contributed by atoms with E-state index in [0.29, 0.717) is 17.9 Å². The Bertz CT molecular complexity index is 759. The zero-order chi connectivity index (χ0) is 14.1. The Morgan fingerprint density at radius 2 is 2.05 bits per heavy atom. The summed E-state index contributed by atoms with van der Waals surface area (Å²) in [4.78, 5) is 26.0. The molecule has 0 saturated heterocycles. The molecule has 0 spiro atoms. The van der Waals surface area contributed by atoms with Gasteiger partial charge in [-0.05, 0) is 6.07 Å². The molecule has 0 fully saturated rings. The zero-order valence-corrected chi connectivity index (χ0v) is 10.3. The number of hydrogen-bond donors (Lipinski definition) is 1. The molecular weight excluding hydrogens is 260 g/mol. The van der Waals surface area contributed by atoms with Crippen molar-refractivity contribution in [1.82, 2.24) is 4.57 Å². The Kier molecular flexibility index (Phi) is 2.79. The van der Waals surface area contributed by atoms with Crippen molar-refractivity contribution in [2.24, 2.45) is 4.99 Å². The Morgan fingerprint density at radius 3 is 2.75 bits per heavy atom. The van der Waals surface area contributed by atoms with Gasteiger partial charge in [0.2, 0.25) is 0 Å². The lowest BCUT2D eigenvalue weighted by molar-refractivity contribution is -0.384. The summed E-state index contributed by atoms with van der Waals surface area (Å²) in [6.45, 7) is 0.578. The average molecular weight is 270 g/mol. The number of aliphatic imine (C=N–C) groups is 1. The number of aromatic nitrogens is 1. The molecule has 0 bridgehead atoms. The molecule has 1 aliphatic heterocycles. The number of nitro benzene ring substituents is 1. The van der Waals surface area contributed by atoms with Crippen LogP contribution in [0.15, 0.2) is 46.4 Å². The normalized spacial score (nSPS) is 12.6.